The number of amides is 1. The number of nitrogens with one attached hydrogen (secondary N) is 2. The van der Waals surface area contributed by atoms with Gasteiger partial charge in [0.1, 0.15) is 5.69 Å². The number of alkyl halides is 4. The largest absolute Gasteiger partial charge is 0.433 e. The Bertz CT molecular complexity index is 1530. The molecule has 0 saturated carbocycles. The second-order valence-electron chi connectivity index (χ2n) is 8.64. The highest BCUT2D eigenvalue weighted by Gasteiger charge is 2.32. The highest BCUT2D eigenvalue weighted by Crippen LogP contribution is 2.33. The predicted molar refractivity (Wildman–Crippen MR) is 138 cm³/mol. The first-order valence-corrected chi connectivity index (χ1v) is 12.4. The SMILES string of the molecule is O=C(NCc1nn[nH]n1)c1ccc(Cn2nc(-c3ccc(C(F)(F)F)nc3)cc2C2=CC(Cl)CC(Cl)=C2)cc1. The minimum atomic E-state index is -4.54. The minimum absolute atomic E-state index is 0.127. The molecule has 0 radical (unpaired) electrons. The van der Waals surface area contributed by atoms with Gasteiger partial charge >= 0.3 is 6.18 Å². The molecule has 0 spiro atoms. The smallest absolute Gasteiger partial charge is 0.345 e. The van der Waals surface area contributed by atoms with Crippen molar-refractivity contribution in [3.05, 3.63) is 94.2 Å². The lowest BCUT2D eigenvalue weighted by molar-refractivity contribution is -0.141. The van der Waals surface area contributed by atoms with Crippen LogP contribution >= 0.6 is 23.2 Å². The Hall–Kier alpha value is -4.03. The van der Waals surface area contributed by atoms with E-state index in [1.165, 1.54) is 6.07 Å². The number of hydrogen-bond donors (Lipinski definition) is 2. The maximum atomic E-state index is 13.0. The molecule has 1 amide bonds. The molecule has 3 aromatic heterocycles. The molecule has 1 atom stereocenters. The number of rotatable bonds is 7. The summed E-state index contributed by atoms with van der Waals surface area (Å²) in [5.74, 6) is 0.0547. The average molecular weight is 575 g/mol. The van der Waals surface area contributed by atoms with E-state index in [2.05, 4.69) is 36.0 Å². The monoisotopic (exact) mass is 574 g/mol. The van der Waals surface area contributed by atoms with Crippen molar-refractivity contribution in [1.29, 1.82) is 0 Å². The summed E-state index contributed by atoms with van der Waals surface area (Å²) >= 11 is 12.7. The molecule has 0 fully saturated rings. The van der Waals surface area contributed by atoms with Crippen LogP contribution in [-0.2, 0) is 19.3 Å². The number of aromatic nitrogens is 7. The zero-order chi connectivity index (χ0) is 27.6. The maximum absolute atomic E-state index is 13.0. The van der Waals surface area contributed by atoms with Gasteiger partial charge in [0.15, 0.2) is 5.82 Å². The van der Waals surface area contributed by atoms with Crippen molar-refractivity contribution in [3.63, 3.8) is 0 Å². The van der Waals surface area contributed by atoms with Gasteiger partial charge in [-0.2, -0.15) is 23.5 Å². The van der Waals surface area contributed by atoms with Crippen LogP contribution < -0.4 is 5.32 Å². The normalized spacial score (nSPS) is 15.6. The number of nitrogens with zero attached hydrogens (tertiary/aromatic N) is 6. The quantitative estimate of drug-likeness (QED) is 0.301. The minimum Gasteiger partial charge on any atom is -0.345 e. The van der Waals surface area contributed by atoms with Crippen LogP contribution in [0.1, 0.15) is 39.6 Å². The molecule has 39 heavy (non-hydrogen) atoms. The maximum Gasteiger partial charge on any atom is 0.433 e. The molecule has 4 aromatic rings. The van der Waals surface area contributed by atoms with E-state index in [9.17, 15) is 18.0 Å². The van der Waals surface area contributed by atoms with Gasteiger partial charge in [0.2, 0.25) is 0 Å². The van der Waals surface area contributed by atoms with E-state index in [0.717, 1.165) is 23.4 Å². The lowest BCUT2D eigenvalue weighted by atomic mass is 10.0. The number of halogens is 5. The number of aromatic amines is 1. The molecule has 5 rings (SSSR count). The molecular formula is C25H19Cl2F3N8O. The van der Waals surface area contributed by atoms with E-state index in [0.29, 0.717) is 46.3 Å². The van der Waals surface area contributed by atoms with E-state index < -0.39 is 11.9 Å². The Labute approximate surface area is 229 Å². The summed E-state index contributed by atoms with van der Waals surface area (Å²) in [6, 6.07) is 10.9. The van der Waals surface area contributed by atoms with Gasteiger partial charge < -0.3 is 5.32 Å². The zero-order valence-corrected chi connectivity index (χ0v) is 21.5. The first kappa shape index (κ1) is 26.6. The number of carbonyl (C=O) groups is 1. The van der Waals surface area contributed by atoms with Crippen molar-refractivity contribution in [2.24, 2.45) is 0 Å². The number of carbonyl (C=O) groups excluding carboxylic acids is 1. The molecule has 9 nitrogen and oxygen atoms in total. The lowest BCUT2D eigenvalue weighted by Gasteiger charge is -2.15. The van der Waals surface area contributed by atoms with Crippen LogP contribution in [0.4, 0.5) is 13.2 Å². The molecule has 0 aliphatic heterocycles. The van der Waals surface area contributed by atoms with Crippen LogP contribution in [0, 0.1) is 0 Å². The van der Waals surface area contributed by atoms with Crippen molar-refractivity contribution >= 4 is 34.7 Å². The van der Waals surface area contributed by atoms with Gasteiger partial charge in [0, 0.05) is 28.8 Å². The van der Waals surface area contributed by atoms with Crippen LogP contribution in [-0.4, -0.2) is 46.7 Å². The van der Waals surface area contributed by atoms with E-state index in [4.69, 9.17) is 23.2 Å². The third-order valence-electron chi connectivity index (χ3n) is 5.83. The summed E-state index contributed by atoms with van der Waals surface area (Å²) in [5, 5.41) is 20.9. The van der Waals surface area contributed by atoms with E-state index in [-0.39, 0.29) is 17.8 Å². The number of benzene rings is 1. The Kier molecular flexibility index (Phi) is 7.49. The Morgan fingerprint density at radius 3 is 2.62 bits per heavy atom. The van der Waals surface area contributed by atoms with Crippen molar-refractivity contribution in [1.82, 2.24) is 40.7 Å². The van der Waals surface area contributed by atoms with Gasteiger partial charge in [-0.1, -0.05) is 35.0 Å². The van der Waals surface area contributed by atoms with Crippen molar-refractivity contribution in [3.8, 4) is 11.3 Å². The summed E-state index contributed by atoms with van der Waals surface area (Å²) in [6.07, 6.45) is 0.742. The second-order valence-corrected chi connectivity index (χ2v) is 9.69. The summed E-state index contributed by atoms with van der Waals surface area (Å²) in [7, 11) is 0. The Balaban J connectivity index is 1.41. The van der Waals surface area contributed by atoms with Gasteiger partial charge in [-0.15, -0.1) is 21.8 Å². The molecule has 1 aromatic carbocycles. The highest BCUT2D eigenvalue weighted by molar-refractivity contribution is 6.32. The fraction of sp³-hybridized carbons (Fsp3) is 0.200. The third-order valence-corrected chi connectivity index (χ3v) is 6.38. The van der Waals surface area contributed by atoms with E-state index >= 15 is 0 Å². The summed E-state index contributed by atoms with van der Waals surface area (Å²) in [4.78, 5) is 16.0. The van der Waals surface area contributed by atoms with Crippen LogP contribution in [0.25, 0.3) is 16.8 Å². The molecule has 200 valence electrons. The molecular weight excluding hydrogens is 556 g/mol. The van der Waals surface area contributed by atoms with Crippen LogP contribution in [0.3, 0.4) is 0 Å². The molecule has 3 heterocycles. The number of hydrogen-bond acceptors (Lipinski definition) is 6. The Morgan fingerprint density at radius 2 is 1.97 bits per heavy atom. The molecule has 1 aliphatic carbocycles. The number of allylic oxidation sites excluding steroid dienone is 4. The van der Waals surface area contributed by atoms with Crippen molar-refractivity contribution in [2.45, 2.75) is 31.1 Å². The molecule has 14 heteroatoms. The van der Waals surface area contributed by atoms with E-state index in [1.54, 1.807) is 41.1 Å². The van der Waals surface area contributed by atoms with Gasteiger partial charge in [-0.05, 0) is 47.5 Å². The van der Waals surface area contributed by atoms with E-state index in [1.807, 2.05) is 6.08 Å². The molecule has 1 aliphatic rings. The third kappa shape index (κ3) is 6.35. The van der Waals surface area contributed by atoms with Gasteiger partial charge in [-0.25, -0.2) is 0 Å². The van der Waals surface area contributed by atoms with Crippen LogP contribution in [0.2, 0.25) is 0 Å². The van der Waals surface area contributed by atoms with Crippen molar-refractivity contribution in [2.75, 3.05) is 0 Å². The zero-order valence-electron chi connectivity index (χ0n) is 20.0. The van der Waals surface area contributed by atoms with Crippen LogP contribution in [0.15, 0.2) is 65.8 Å². The van der Waals surface area contributed by atoms with Gasteiger partial charge in [-0.3, -0.25) is 14.5 Å². The highest BCUT2D eigenvalue weighted by atomic mass is 35.5. The Morgan fingerprint density at radius 1 is 1.18 bits per heavy atom. The van der Waals surface area contributed by atoms with Gasteiger partial charge in [0.25, 0.3) is 5.91 Å². The number of pyridine rings is 1. The number of tetrazole rings is 1. The second kappa shape index (κ2) is 11.0. The molecule has 0 bridgehead atoms. The standard InChI is InChI=1S/C25H19Cl2F3N8O/c26-18-7-17(8-19(27)9-18)21-10-20(16-5-6-22(31-11-16)25(28,29)30)35-38(21)13-14-1-3-15(4-2-14)24(39)32-12-23-33-36-37-34-23/h1-8,10-11,18H,9,12-13H2,(H,32,39)(H,33,34,36,37). The summed E-state index contributed by atoms with van der Waals surface area (Å²) in [5.41, 5.74) is 2.56. The fourth-order valence-electron chi connectivity index (χ4n) is 3.95. The van der Waals surface area contributed by atoms with Crippen LogP contribution in [0.5, 0.6) is 0 Å². The topological polar surface area (TPSA) is 114 Å². The molecule has 1 unspecified atom stereocenters. The van der Waals surface area contributed by atoms with Crippen molar-refractivity contribution < 1.29 is 18.0 Å². The molecule has 0 saturated heterocycles. The summed E-state index contributed by atoms with van der Waals surface area (Å²) < 4.78 is 40.6. The fourth-order valence-corrected chi connectivity index (χ4v) is 4.62. The average Bonchev–Trinajstić information content (AvgIpc) is 3.57. The first-order valence-electron chi connectivity index (χ1n) is 11.6. The number of H-pyrrole nitrogens is 1. The predicted octanol–water partition coefficient (Wildman–Crippen LogP) is 4.97. The lowest BCUT2D eigenvalue weighted by Crippen LogP contribution is -2.23. The first-order chi connectivity index (χ1) is 18.7. The molecule has 2 N–H and O–H groups in total. The summed E-state index contributed by atoms with van der Waals surface area (Å²) in [6.45, 7) is 0.436. The van der Waals surface area contributed by atoms with Gasteiger partial charge in [0.05, 0.1) is 29.9 Å².